The van der Waals surface area contributed by atoms with Crippen LogP contribution in [0.2, 0.25) is 0 Å². The highest BCUT2D eigenvalue weighted by Gasteiger charge is 2.32. The number of hydrogen-bond donors (Lipinski definition) is 1. The normalized spacial score (nSPS) is 21.5. The molecule has 2 unspecified atom stereocenters. The maximum Gasteiger partial charge on any atom is 0.245 e. The topological polar surface area (TPSA) is 88.3 Å². The molecule has 0 bridgehead atoms. The highest BCUT2D eigenvalue weighted by molar-refractivity contribution is 7.98. The van der Waals surface area contributed by atoms with Crippen molar-refractivity contribution in [1.29, 1.82) is 0 Å². The van der Waals surface area contributed by atoms with Crippen molar-refractivity contribution in [1.82, 2.24) is 20.4 Å². The first-order valence-electron chi connectivity index (χ1n) is 9.44. The second kappa shape index (κ2) is 8.88. The van der Waals surface area contributed by atoms with E-state index in [1.165, 1.54) is 6.92 Å². The average molecular weight is 381 g/mol. The zero-order chi connectivity index (χ0) is 18.5. The molecule has 0 aromatic carbocycles. The zero-order valence-electron chi connectivity index (χ0n) is 15.6. The van der Waals surface area contributed by atoms with Gasteiger partial charge in [-0.25, -0.2) is 0 Å². The Morgan fingerprint density at radius 2 is 2.19 bits per heavy atom. The number of carbonyl (C=O) groups is 2. The van der Waals surface area contributed by atoms with E-state index in [4.69, 9.17) is 4.52 Å². The summed E-state index contributed by atoms with van der Waals surface area (Å²) in [6.45, 7) is 2.91. The molecular formula is C18H28N4O3S. The first-order chi connectivity index (χ1) is 12.6. The summed E-state index contributed by atoms with van der Waals surface area (Å²) in [4.78, 5) is 30.8. The maximum atomic E-state index is 12.9. The lowest BCUT2D eigenvalue weighted by atomic mass is 9.94. The van der Waals surface area contributed by atoms with E-state index in [0.29, 0.717) is 30.7 Å². The van der Waals surface area contributed by atoms with Crippen molar-refractivity contribution < 1.29 is 14.1 Å². The number of amides is 2. The van der Waals surface area contributed by atoms with E-state index in [2.05, 4.69) is 15.5 Å². The van der Waals surface area contributed by atoms with Crippen molar-refractivity contribution in [2.75, 3.05) is 25.1 Å². The minimum absolute atomic E-state index is 0.0307. The number of piperidine rings is 1. The fraction of sp³-hybridized carbons (Fsp3) is 0.778. The molecular weight excluding hydrogens is 352 g/mol. The predicted octanol–water partition coefficient (Wildman–Crippen LogP) is 1.99. The Hall–Kier alpha value is -1.57. The number of likely N-dealkylation sites (tertiary alicyclic amines) is 1. The van der Waals surface area contributed by atoms with Crippen LogP contribution in [0.5, 0.6) is 0 Å². The molecule has 1 saturated carbocycles. The van der Waals surface area contributed by atoms with Gasteiger partial charge in [-0.1, -0.05) is 5.16 Å². The molecule has 0 radical (unpaired) electrons. The molecule has 7 nitrogen and oxygen atoms in total. The minimum atomic E-state index is -0.427. The van der Waals surface area contributed by atoms with Crippen LogP contribution in [-0.2, 0) is 16.0 Å². The third-order valence-corrected chi connectivity index (χ3v) is 5.65. The molecule has 2 atom stereocenters. The van der Waals surface area contributed by atoms with E-state index >= 15 is 0 Å². The largest absolute Gasteiger partial charge is 0.345 e. The fourth-order valence-corrected chi connectivity index (χ4v) is 3.97. The molecule has 8 heteroatoms. The maximum absolute atomic E-state index is 12.9. The number of nitrogens with zero attached hydrogens (tertiary/aromatic N) is 3. The standard InChI is InChI=1S/C18H28N4O3S/c1-12(23)19-15(7-9-26-2)18(24)22-8-3-4-13(11-22)10-16-20-17(21-25-16)14-5-6-14/h13-15H,3-11H2,1-2H3,(H,19,23). The van der Waals surface area contributed by atoms with Crippen LogP contribution in [0, 0.1) is 5.92 Å². The first-order valence-corrected chi connectivity index (χ1v) is 10.8. The monoisotopic (exact) mass is 380 g/mol. The molecule has 0 spiro atoms. The average Bonchev–Trinajstić information content (AvgIpc) is 3.38. The van der Waals surface area contributed by atoms with E-state index in [9.17, 15) is 9.59 Å². The summed E-state index contributed by atoms with van der Waals surface area (Å²) in [5, 5.41) is 6.89. The Balaban J connectivity index is 1.56. The van der Waals surface area contributed by atoms with Gasteiger partial charge in [0.1, 0.15) is 6.04 Å². The SMILES string of the molecule is CSCCC(NC(C)=O)C(=O)N1CCCC(Cc2nc(C3CC3)no2)C1. The summed E-state index contributed by atoms with van der Waals surface area (Å²) in [6.07, 6.45) is 7.73. The van der Waals surface area contributed by atoms with Crippen LogP contribution in [0.25, 0.3) is 0 Å². The van der Waals surface area contributed by atoms with Crippen molar-refractivity contribution in [2.24, 2.45) is 5.92 Å². The summed E-state index contributed by atoms with van der Waals surface area (Å²) in [7, 11) is 0. The molecule has 3 rings (SSSR count). The first kappa shape index (κ1) is 19.2. The Labute approximate surface area is 158 Å². The smallest absolute Gasteiger partial charge is 0.245 e. The summed E-state index contributed by atoms with van der Waals surface area (Å²) in [5.74, 6) is 3.07. The highest BCUT2D eigenvalue weighted by atomic mass is 32.2. The van der Waals surface area contributed by atoms with Crippen molar-refractivity contribution >= 4 is 23.6 Å². The summed E-state index contributed by atoms with van der Waals surface area (Å²) in [5.41, 5.74) is 0. The Morgan fingerprint density at radius 1 is 1.38 bits per heavy atom. The van der Waals surface area contributed by atoms with Gasteiger partial charge in [0.05, 0.1) is 0 Å². The molecule has 144 valence electrons. The lowest BCUT2D eigenvalue weighted by Crippen LogP contribution is -2.51. The van der Waals surface area contributed by atoms with Gasteiger partial charge < -0.3 is 14.7 Å². The van der Waals surface area contributed by atoms with Crippen LogP contribution < -0.4 is 5.32 Å². The second-order valence-corrected chi connectivity index (χ2v) is 8.34. The molecule has 2 fully saturated rings. The number of hydrogen-bond acceptors (Lipinski definition) is 6. The van der Waals surface area contributed by atoms with E-state index < -0.39 is 6.04 Å². The number of rotatable bonds is 8. The summed E-state index contributed by atoms with van der Waals surface area (Å²) in [6, 6.07) is -0.427. The van der Waals surface area contributed by atoms with E-state index in [-0.39, 0.29) is 11.8 Å². The van der Waals surface area contributed by atoms with Crippen molar-refractivity contribution in [3.05, 3.63) is 11.7 Å². The molecule has 1 N–H and O–H groups in total. The quantitative estimate of drug-likeness (QED) is 0.742. The van der Waals surface area contributed by atoms with E-state index in [1.807, 2.05) is 11.2 Å². The number of carbonyl (C=O) groups excluding carboxylic acids is 2. The van der Waals surface area contributed by atoms with Gasteiger partial charge >= 0.3 is 0 Å². The van der Waals surface area contributed by atoms with Crippen LogP contribution in [0.1, 0.15) is 56.7 Å². The molecule has 2 aliphatic rings. The van der Waals surface area contributed by atoms with Gasteiger partial charge in [-0.2, -0.15) is 16.7 Å². The summed E-state index contributed by atoms with van der Waals surface area (Å²) >= 11 is 1.68. The third kappa shape index (κ3) is 5.22. The summed E-state index contributed by atoms with van der Waals surface area (Å²) < 4.78 is 5.39. The van der Waals surface area contributed by atoms with Crippen molar-refractivity contribution in [3.63, 3.8) is 0 Å². The van der Waals surface area contributed by atoms with E-state index in [1.54, 1.807) is 11.8 Å². The van der Waals surface area contributed by atoms with Crippen LogP contribution in [0.15, 0.2) is 4.52 Å². The van der Waals surface area contributed by atoms with Crippen molar-refractivity contribution in [2.45, 2.75) is 57.4 Å². The molecule has 1 saturated heterocycles. The number of nitrogens with one attached hydrogen (secondary N) is 1. The lowest BCUT2D eigenvalue weighted by Gasteiger charge is -2.34. The molecule has 1 aromatic heterocycles. The van der Waals surface area contributed by atoms with Gasteiger partial charge in [0.25, 0.3) is 0 Å². The predicted molar refractivity (Wildman–Crippen MR) is 99.9 cm³/mol. The van der Waals surface area contributed by atoms with Gasteiger partial charge in [0.15, 0.2) is 5.82 Å². The van der Waals surface area contributed by atoms with Gasteiger partial charge in [0.2, 0.25) is 17.7 Å². The van der Waals surface area contributed by atoms with Crippen molar-refractivity contribution in [3.8, 4) is 0 Å². The molecule has 2 heterocycles. The molecule has 1 aliphatic carbocycles. The second-order valence-electron chi connectivity index (χ2n) is 7.35. The fourth-order valence-electron chi connectivity index (χ4n) is 3.50. The lowest BCUT2D eigenvalue weighted by molar-refractivity contribution is -0.137. The molecule has 1 aromatic rings. The number of aromatic nitrogens is 2. The Morgan fingerprint density at radius 3 is 2.88 bits per heavy atom. The number of thioether (sulfide) groups is 1. The van der Waals surface area contributed by atoms with E-state index in [0.717, 1.165) is 50.2 Å². The molecule has 26 heavy (non-hydrogen) atoms. The minimum Gasteiger partial charge on any atom is -0.345 e. The van der Waals surface area contributed by atoms with Gasteiger partial charge in [-0.05, 0) is 50.0 Å². The van der Waals surface area contributed by atoms with Crippen LogP contribution in [-0.4, -0.2) is 58.0 Å². The third-order valence-electron chi connectivity index (χ3n) is 5.01. The van der Waals surface area contributed by atoms with Gasteiger partial charge in [0, 0.05) is 32.4 Å². The molecule has 2 amide bonds. The van der Waals surface area contributed by atoms with Crippen LogP contribution in [0.4, 0.5) is 0 Å². The van der Waals surface area contributed by atoms with Gasteiger partial charge in [-0.3, -0.25) is 9.59 Å². The Kier molecular flexibility index (Phi) is 6.56. The van der Waals surface area contributed by atoms with Crippen LogP contribution in [0.3, 0.4) is 0 Å². The zero-order valence-corrected chi connectivity index (χ0v) is 16.4. The Bertz CT molecular complexity index is 632. The molecule has 1 aliphatic heterocycles. The van der Waals surface area contributed by atoms with Gasteiger partial charge in [-0.15, -0.1) is 0 Å². The van der Waals surface area contributed by atoms with Crippen LogP contribution >= 0.6 is 11.8 Å². The highest BCUT2D eigenvalue weighted by Crippen LogP contribution is 2.38.